The van der Waals surface area contributed by atoms with Crippen LogP contribution < -0.4 is 5.32 Å². The molecular formula is C16H19BrN2O. The maximum Gasteiger partial charge on any atom is 0.252 e. The van der Waals surface area contributed by atoms with Crippen molar-refractivity contribution in [3.8, 4) is 6.07 Å². The van der Waals surface area contributed by atoms with E-state index in [1.807, 2.05) is 19.1 Å². The first-order valence-corrected chi connectivity index (χ1v) is 7.85. The highest BCUT2D eigenvalue weighted by atomic mass is 79.9. The van der Waals surface area contributed by atoms with E-state index in [1.54, 1.807) is 6.07 Å². The minimum Gasteiger partial charge on any atom is -0.334 e. The van der Waals surface area contributed by atoms with Gasteiger partial charge in [-0.2, -0.15) is 5.26 Å². The summed E-state index contributed by atoms with van der Waals surface area (Å²) in [7, 11) is 0. The number of benzene rings is 1. The molecule has 1 aromatic carbocycles. The minimum atomic E-state index is -0.691. The third kappa shape index (κ3) is 3.61. The summed E-state index contributed by atoms with van der Waals surface area (Å²) in [5.41, 5.74) is 0.941. The molecule has 106 valence electrons. The SMILES string of the molecule is Cc1cc(Br)cc(C(=O)NC2(C#N)CCCCCC2)c1. The van der Waals surface area contributed by atoms with Crippen molar-refractivity contribution in [3.05, 3.63) is 33.8 Å². The average Bonchev–Trinajstić information content (AvgIpc) is 2.64. The van der Waals surface area contributed by atoms with E-state index in [9.17, 15) is 10.1 Å². The Kier molecular flexibility index (Phi) is 4.82. The first-order chi connectivity index (χ1) is 9.54. The van der Waals surface area contributed by atoms with Gasteiger partial charge in [0.15, 0.2) is 0 Å². The number of halogens is 1. The summed E-state index contributed by atoms with van der Waals surface area (Å²) in [4.78, 5) is 12.4. The Hall–Kier alpha value is -1.34. The van der Waals surface area contributed by atoms with Gasteiger partial charge in [-0.15, -0.1) is 0 Å². The van der Waals surface area contributed by atoms with Gasteiger partial charge in [0.2, 0.25) is 0 Å². The second-order valence-electron chi connectivity index (χ2n) is 5.58. The zero-order valence-corrected chi connectivity index (χ0v) is 13.3. The van der Waals surface area contributed by atoms with Crippen molar-refractivity contribution in [1.29, 1.82) is 5.26 Å². The monoisotopic (exact) mass is 334 g/mol. The van der Waals surface area contributed by atoms with Crippen LogP contribution in [0.4, 0.5) is 0 Å². The van der Waals surface area contributed by atoms with Gasteiger partial charge in [-0.05, 0) is 43.5 Å². The molecular weight excluding hydrogens is 316 g/mol. The fraction of sp³-hybridized carbons (Fsp3) is 0.500. The van der Waals surface area contributed by atoms with E-state index in [1.165, 1.54) is 0 Å². The van der Waals surface area contributed by atoms with Gasteiger partial charge in [0.05, 0.1) is 6.07 Å². The van der Waals surface area contributed by atoms with Gasteiger partial charge in [0, 0.05) is 10.0 Å². The molecule has 1 aromatic rings. The van der Waals surface area contributed by atoms with Crippen LogP contribution in [0.5, 0.6) is 0 Å². The summed E-state index contributed by atoms with van der Waals surface area (Å²) in [5, 5.41) is 12.5. The first kappa shape index (κ1) is 15.1. The zero-order chi connectivity index (χ0) is 14.6. The summed E-state index contributed by atoms with van der Waals surface area (Å²) in [5.74, 6) is -0.155. The lowest BCUT2D eigenvalue weighted by atomic mass is 9.91. The Morgan fingerprint density at radius 3 is 2.45 bits per heavy atom. The van der Waals surface area contributed by atoms with Crippen molar-refractivity contribution in [2.24, 2.45) is 0 Å². The van der Waals surface area contributed by atoms with E-state index in [0.717, 1.165) is 48.6 Å². The van der Waals surface area contributed by atoms with Gasteiger partial charge < -0.3 is 5.32 Å². The van der Waals surface area contributed by atoms with Gasteiger partial charge in [0.25, 0.3) is 5.91 Å². The molecule has 1 saturated carbocycles. The molecule has 0 saturated heterocycles. The Balaban J connectivity index is 2.18. The van der Waals surface area contributed by atoms with Gasteiger partial charge in [0.1, 0.15) is 5.54 Å². The van der Waals surface area contributed by atoms with Gasteiger partial charge in [-0.1, -0.05) is 41.6 Å². The van der Waals surface area contributed by atoms with Crippen LogP contribution in [0.1, 0.15) is 54.4 Å². The molecule has 0 aliphatic heterocycles. The van der Waals surface area contributed by atoms with Crippen LogP contribution in [0.15, 0.2) is 22.7 Å². The summed E-state index contributed by atoms with van der Waals surface area (Å²) in [6, 6.07) is 7.95. The van der Waals surface area contributed by atoms with E-state index >= 15 is 0 Å². The topological polar surface area (TPSA) is 52.9 Å². The fourth-order valence-corrected chi connectivity index (χ4v) is 3.36. The number of nitrogens with one attached hydrogen (secondary N) is 1. The predicted octanol–water partition coefficient (Wildman–Crippen LogP) is 4.10. The standard InChI is InChI=1S/C16H19BrN2O/c1-12-8-13(10-14(17)9-12)15(20)19-16(11-18)6-4-2-3-5-7-16/h8-10H,2-7H2,1H3,(H,19,20). The second kappa shape index (κ2) is 6.41. The molecule has 1 amide bonds. The molecule has 0 radical (unpaired) electrons. The van der Waals surface area contributed by atoms with Crippen molar-refractivity contribution in [2.75, 3.05) is 0 Å². The molecule has 1 N–H and O–H groups in total. The van der Waals surface area contributed by atoms with Crippen molar-refractivity contribution < 1.29 is 4.79 Å². The average molecular weight is 335 g/mol. The van der Waals surface area contributed by atoms with Crippen molar-refractivity contribution >= 4 is 21.8 Å². The third-order valence-electron chi connectivity index (χ3n) is 3.83. The van der Waals surface area contributed by atoms with Crippen molar-refractivity contribution in [3.63, 3.8) is 0 Å². The number of nitrogens with zero attached hydrogens (tertiary/aromatic N) is 1. The molecule has 1 fully saturated rings. The predicted molar refractivity (Wildman–Crippen MR) is 82.4 cm³/mol. The number of amides is 1. The minimum absolute atomic E-state index is 0.155. The largest absolute Gasteiger partial charge is 0.334 e. The van der Waals surface area contributed by atoms with E-state index in [2.05, 4.69) is 27.3 Å². The van der Waals surface area contributed by atoms with Crippen LogP contribution in [0.2, 0.25) is 0 Å². The molecule has 0 atom stereocenters. The molecule has 0 aromatic heterocycles. The summed E-state index contributed by atoms with van der Waals surface area (Å²) in [6.45, 7) is 1.95. The highest BCUT2D eigenvalue weighted by Crippen LogP contribution is 2.27. The van der Waals surface area contributed by atoms with Crippen LogP contribution in [0.25, 0.3) is 0 Å². The summed E-state index contributed by atoms with van der Waals surface area (Å²) >= 11 is 3.40. The Morgan fingerprint density at radius 1 is 1.25 bits per heavy atom. The highest BCUT2D eigenvalue weighted by Gasteiger charge is 2.32. The van der Waals surface area contributed by atoms with E-state index < -0.39 is 5.54 Å². The first-order valence-electron chi connectivity index (χ1n) is 7.06. The van der Waals surface area contributed by atoms with Crippen LogP contribution in [-0.4, -0.2) is 11.4 Å². The van der Waals surface area contributed by atoms with E-state index in [4.69, 9.17) is 0 Å². The number of carbonyl (C=O) groups excluding carboxylic acids is 1. The number of hydrogen-bond acceptors (Lipinski definition) is 2. The maximum atomic E-state index is 12.4. The zero-order valence-electron chi connectivity index (χ0n) is 11.7. The summed E-state index contributed by atoms with van der Waals surface area (Å²) in [6.07, 6.45) is 5.81. The van der Waals surface area contributed by atoms with Crippen molar-refractivity contribution in [1.82, 2.24) is 5.32 Å². The normalized spacial score (nSPS) is 17.9. The molecule has 1 aliphatic rings. The number of carbonyl (C=O) groups is 1. The number of aryl methyl sites for hydroxylation is 1. The Bertz CT molecular complexity index is 520. The molecule has 3 nitrogen and oxygen atoms in total. The number of rotatable bonds is 2. The fourth-order valence-electron chi connectivity index (χ4n) is 2.75. The molecule has 0 bridgehead atoms. The smallest absolute Gasteiger partial charge is 0.252 e. The summed E-state index contributed by atoms with van der Waals surface area (Å²) < 4.78 is 0.884. The molecule has 0 unspecified atom stereocenters. The number of hydrogen-bond donors (Lipinski definition) is 1. The Labute approximate surface area is 128 Å². The second-order valence-corrected chi connectivity index (χ2v) is 6.50. The van der Waals surface area contributed by atoms with Gasteiger partial charge >= 0.3 is 0 Å². The molecule has 1 aliphatic carbocycles. The van der Waals surface area contributed by atoms with Crippen LogP contribution in [0, 0.1) is 18.3 Å². The van der Waals surface area contributed by atoms with Gasteiger partial charge in [-0.25, -0.2) is 0 Å². The lowest BCUT2D eigenvalue weighted by molar-refractivity contribution is 0.0912. The lowest BCUT2D eigenvalue weighted by Crippen LogP contribution is -2.47. The van der Waals surface area contributed by atoms with E-state index in [0.29, 0.717) is 5.56 Å². The molecule has 0 heterocycles. The lowest BCUT2D eigenvalue weighted by Gasteiger charge is -2.26. The molecule has 0 spiro atoms. The maximum absolute atomic E-state index is 12.4. The van der Waals surface area contributed by atoms with Gasteiger partial charge in [-0.3, -0.25) is 4.79 Å². The van der Waals surface area contributed by atoms with Crippen LogP contribution in [-0.2, 0) is 0 Å². The number of nitriles is 1. The quantitative estimate of drug-likeness (QED) is 0.827. The highest BCUT2D eigenvalue weighted by molar-refractivity contribution is 9.10. The Morgan fingerprint density at radius 2 is 1.90 bits per heavy atom. The van der Waals surface area contributed by atoms with Crippen LogP contribution in [0.3, 0.4) is 0 Å². The van der Waals surface area contributed by atoms with E-state index in [-0.39, 0.29) is 5.91 Å². The molecule has 20 heavy (non-hydrogen) atoms. The van der Waals surface area contributed by atoms with Crippen LogP contribution >= 0.6 is 15.9 Å². The van der Waals surface area contributed by atoms with Crippen molar-refractivity contribution in [2.45, 2.75) is 51.0 Å². The molecule has 2 rings (SSSR count). The third-order valence-corrected chi connectivity index (χ3v) is 4.29. The molecule has 4 heteroatoms.